The fourth-order valence-corrected chi connectivity index (χ4v) is 1.87. The lowest BCUT2D eigenvalue weighted by Crippen LogP contribution is -1.93. The van der Waals surface area contributed by atoms with E-state index in [2.05, 4.69) is 5.10 Å². The van der Waals surface area contributed by atoms with Crippen molar-refractivity contribution in [2.45, 2.75) is 6.92 Å². The summed E-state index contributed by atoms with van der Waals surface area (Å²) in [4.78, 5) is 0. The van der Waals surface area contributed by atoms with Gasteiger partial charge in [0.15, 0.2) is 17.2 Å². The maximum absolute atomic E-state index is 9.67. The van der Waals surface area contributed by atoms with E-state index in [0.717, 1.165) is 5.69 Å². The van der Waals surface area contributed by atoms with E-state index in [-0.39, 0.29) is 5.75 Å². The van der Waals surface area contributed by atoms with E-state index < -0.39 is 0 Å². The normalized spacial score (nSPS) is 10.4. The van der Waals surface area contributed by atoms with Crippen molar-refractivity contribution in [3.05, 3.63) is 66.5 Å². The molecular weight excluding hydrogens is 252 g/mol. The number of rotatable bonds is 3. The molecule has 2 aromatic carbocycles. The molecule has 0 aliphatic heterocycles. The van der Waals surface area contributed by atoms with E-state index in [1.807, 2.05) is 31.2 Å². The van der Waals surface area contributed by atoms with Crippen LogP contribution in [0.1, 0.15) is 5.56 Å². The van der Waals surface area contributed by atoms with Crippen molar-refractivity contribution < 1.29 is 9.84 Å². The quantitative estimate of drug-likeness (QED) is 0.786. The fourth-order valence-electron chi connectivity index (χ4n) is 1.87. The van der Waals surface area contributed by atoms with E-state index in [4.69, 9.17) is 4.74 Å². The van der Waals surface area contributed by atoms with Crippen molar-refractivity contribution in [1.29, 1.82) is 0 Å². The lowest BCUT2D eigenvalue weighted by atomic mass is 10.2. The molecule has 3 rings (SSSR count). The number of aromatic nitrogens is 2. The van der Waals surface area contributed by atoms with Crippen LogP contribution in [0.25, 0.3) is 5.69 Å². The summed E-state index contributed by atoms with van der Waals surface area (Å²) in [5.74, 6) is 1.10. The summed E-state index contributed by atoms with van der Waals surface area (Å²) in [6.45, 7) is 2.04. The molecule has 4 heteroatoms. The first-order chi connectivity index (χ1) is 9.72. The Balaban J connectivity index is 1.84. The van der Waals surface area contributed by atoms with Crippen LogP contribution in [0.3, 0.4) is 0 Å². The minimum Gasteiger partial charge on any atom is -0.504 e. The Labute approximate surface area is 116 Å². The van der Waals surface area contributed by atoms with Crippen molar-refractivity contribution in [1.82, 2.24) is 9.78 Å². The van der Waals surface area contributed by atoms with Gasteiger partial charge in [-0.2, -0.15) is 5.10 Å². The molecule has 3 aromatic rings. The number of benzene rings is 2. The van der Waals surface area contributed by atoms with E-state index in [1.165, 1.54) is 5.56 Å². The van der Waals surface area contributed by atoms with Crippen LogP contribution < -0.4 is 4.74 Å². The zero-order chi connectivity index (χ0) is 13.9. The molecule has 1 N–H and O–H groups in total. The lowest BCUT2D eigenvalue weighted by molar-refractivity contribution is 0.411. The molecule has 0 saturated carbocycles. The molecule has 0 fully saturated rings. The highest BCUT2D eigenvalue weighted by molar-refractivity contribution is 5.41. The zero-order valence-electron chi connectivity index (χ0n) is 11.0. The molecule has 0 spiro atoms. The Morgan fingerprint density at radius 2 is 1.80 bits per heavy atom. The van der Waals surface area contributed by atoms with E-state index in [1.54, 1.807) is 41.3 Å². The van der Waals surface area contributed by atoms with Gasteiger partial charge in [0.25, 0.3) is 0 Å². The van der Waals surface area contributed by atoms with Crippen molar-refractivity contribution in [3.63, 3.8) is 0 Å². The van der Waals surface area contributed by atoms with Gasteiger partial charge in [0.1, 0.15) is 0 Å². The van der Waals surface area contributed by atoms with Crippen LogP contribution >= 0.6 is 0 Å². The topological polar surface area (TPSA) is 47.3 Å². The monoisotopic (exact) mass is 266 g/mol. The number of phenols is 1. The molecule has 0 atom stereocenters. The van der Waals surface area contributed by atoms with Crippen LogP contribution in [0.5, 0.6) is 17.2 Å². The van der Waals surface area contributed by atoms with Gasteiger partial charge < -0.3 is 9.84 Å². The Morgan fingerprint density at radius 1 is 1.05 bits per heavy atom. The minimum absolute atomic E-state index is 0.107. The number of nitrogens with zero attached hydrogens (tertiary/aromatic N) is 2. The first-order valence-corrected chi connectivity index (χ1v) is 6.30. The average Bonchev–Trinajstić information content (AvgIpc) is 2.91. The van der Waals surface area contributed by atoms with Gasteiger partial charge in [-0.3, -0.25) is 0 Å². The third kappa shape index (κ3) is 2.49. The Kier molecular flexibility index (Phi) is 3.13. The summed E-state index contributed by atoms with van der Waals surface area (Å²) in [5, 5.41) is 13.9. The van der Waals surface area contributed by atoms with Crippen LogP contribution in [0.15, 0.2) is 60.9 Å². The van der Waals surface area contributed by atoms with Crippen LogP contribution in [0.2, 0.25) is 0 Å². The Hall–Kier alpha value is -2.75. The van der Waals surface area contributed by atoms with Gasteiger partial charge >= 0.3 is 0 Å². The van der Waals surface area contributed by atoms with Crippen molar-refractivity contribution in [2.24, 2.45) is 0 Å². The smallest absolute Gasteiger partial charge is 0.169 e. The second-order valence-corrected chi connectivity index (χ2v) is 4.53. The van der Waals surface area contributed by atoms with E-state index in [0.29, 0.717) is 11.5 Å². The number of hydrogen-bond acceptors (Lipinski definition) is 3. The van der Waals surface area contributed by atoms with Crippen LogP contribution in [0.4, 0.5) is 0 Å². The predicted molar refractivity (Wildman–Crippen MR) is 76.5 cm³/mol. The zero-order valence-corrected chi connectivity index (χ0v) is 11.0. The molecule has 100 valence electrons. The number of para-hydroxylation sites is 2. The maximum atomic E-state index is 9.67. The average molecular weight is 266 g/mol. The second-order valence-electron chi connectivity index (χ2n) is 4.53. The molecule has 0 unspecified atom stereocenters. The standard InChI is InChI=1S/C16H14N2O2/c1-12-6-8-13(9-7-12)18-11-14(10-17-18)20-16-5-3-2-4-15(16)19/h2-11,19H,1H3. The van der Waals surface area contributed by atoms with E-state index >= 15 is 0 Å². The van der Waals surface area contributed by atoms with Gasteiger partial charge in [-0.1, -0.05) is 29.8 Å². The molecular formula is C16H14N2O2. The van der Waals surface area contributed by atoms with Gasteiger partial charge in [-0.05, 0) is 31.2 Å². The Bertz CT molecular complexity index is 717. The Morgan fingerprint density at radius 3 is 2.55 bits per heavy atom. The molecule has 0 saturated heterocycles. The van der Waals surface area contributed by atoms with Crippen molar-refractivity contribution >= 4 is 0 Å². The third-order valence-corrected chi connectivity index (χ3v) is 2.95. The number of ether oxygens (including phenoxy) is 1. The summed E-state index contributed by atoms with van der Waals surface area (Å²) in [7, 11) is 0. The summed E-state index contributed by atoms with van der Waals surface area (Å²) in [5.41, 5.74) is 2.16. The molecule has 0 bridgehead atoms. The molecule has 0 aliphatic carbocycles. The van der Waals surface area contributed by atoms with Gasteiger partial charge in [0.05, 0.1) is 18.1 Å². The maximum Gasteiger partial charge on any atom is 0.169 e. The lowest BCUT2D eigenvalue weighted by Gasteiger charge is -2.04. The van der Waals surface area contributed by atoms with Crippen LogP contribution in [0, 0.1) is 6.92 Å². The summed E-state index contributed by atoms with van der Waals surface area (Å²) < 4.78 is 7.33. The molecule has 0 radical (unpaired) electrons. The molecule has 4 nitrogen and oxygen atoms in total. The molecule has 20 heavy (non-hydrogen) atoms. The summed E-state index contributed by atoms with van der Waals surface area (Å²) >= 11 is 0. The van der Waals surface area contributed by atoms with Crippen molar-refractivity contribution in [2.75, 3.05) is 0 Å². The number of phenolic OH excluding ortho intramolecular Hbond substituents is 1. The number of aromatic hydroxyl groups is 1. The molecule has 0 amide bonds. The van der Waals surface area contributed by atoms with Gasteiger partial charge in [-0.25, -0.2) is 4.68 Å². The first kappa shape index (κ1) is 12.3. The number of hydrogen-bond donors (Lipinski definition) is 1. The highest BCUT2D eigenvalue weighted by Crippen LogP contribution is 2.29. The molecule has 0 aliphatic rings. The predicted octanol–water partition coefficient (Wildman–Crippen LogP) is 3.68. The largest absolute Gasteiger partial charge is 0.504 e. The SMILES string of the molecule is Cc1ccc(-n2cc(Oc3ccccc3O)cn2)cc1. The minimum atomic E-state index is 0.107. The highest BCUT2D eigenvalue weighted by atomic mass is 16.5. The highest BCUT2D eigenvalue weighted by Gasteiger charge is 2.06. The molecule has 1 heterocycles. The van der Waals surface area contributed by atoms with Crippen LogP contribution in [-0.2, 0) is 0 Å². The van der Waals surface area contributed by atoms with Gasteiger partial charge in [-0.15, -0.1) is 0 Å². The number of aryl methyl sites for hydroxylation is 1. The third-order valence-electron chi connectivity index (χ3n) is 2.95. The second kappa shape index (κ2) is 5.09. The van der Waals surface area contributed by atoms with Crippen molar-refractivity contribution in [3.8, 4) is 22.9 Å². The first-order valence-electron chi connectivity index (χ1n) is 6.30. The van der Waals surface area contributed by atoms with Gasteiger partial charge in [0, 0.05) is 0 Å². The van der Waals surface area contributed by atoms with Crippen LogP contribution in [-0.4, -0.2) is 14.9 Å². The van der Waals surface area contributed by atoms with Gasteiger partial charge in [0.2, 0.25) is 0 Å². The fraction of sp³-hybridized carbons (Fsp3) is 0.0625. The summed E-state index contributed by atoms with van der Waals surface area (Å²) in [6, 6.07) is 14.9. The van der Waals surface area contributed by atoms with E-state index in [9.17, 15) is 5.11 Å². The summed E-state index contributed by atoms with van der Waals surface area (Å²) in [6.07, 6.45) is 3.39. The molecule has 1 aromatic heterocycles.